The molecule has 2 N–H and O–H groups in total. The van der Waals surface area contributed by atoms with Gasteiger partial charge in [0.05, 0.1) is 12.8 Å². The van der Waals surface area contributed by atoms with Gasteiger partial charge in [-0.3, -0.25) is 24.3 Å². The first-order chi connectivity index (χ1) is 16.9. The van der Waals surface area contributed by atoms with Crippen LogP contribution in [0.3, 0.4) is 0 Å². The summed E-state index contributed by atoms with van der Waals surface area (Å²) in [5.41, 5.74) is 3.05. The van der Waals surface area contributed by atoms with Crippen molar-refractivity contribution in [1.29, 1.82) is 0 Å². The molecule has 3 amide bonds. The summed E-state index contributed by atoms with van der Waals surface area (Å²) in [6.45, 7) is 3.53. The van der Waals surface area contributed by atoms with Crippen LogP contribution in [0.2, 0.25) is 0 Å². The fourth-order valence-electron chi connectivity index (χ4n) is 4.45. The Morgan fingerprint density at radius 2 is 1.83 bits per heavy atom. The summed E-state index contributed by atoms with van der Waals surface area (Å²) in [6.07, 6.45) is 8.60. The highest BCUT2D eigenvalue weighted by atomic mass is 16.3. The smallest absolute Gasteiger partial charge is 0.287 e. The first kappa shape index (κ1) is 24.2. The molecule has 1 saturated carbocycles. The lowest BCUT2D eigenvalue weighted by Gasteiger charge is -2.33. The number of carbonyl (C=O) groups excluding carboxylic acids is 3. The van der Waals surface area contributed by atoms with Crippen LogP contribution in [0.4, 0.5) is 5.69 Å². The van der Waals surface area contributed by atoms with Crippen molar-refractivity contribution in [3.63, 3.8) is 0 Å². The van der Waals surface area contributed by atoms with Gasteiger partial charge in [0.25, 0.3) is 5.91 Å². The van der Waals surface area contributed by atoms with Crippen LogP contribution in [0.25, 0.3) is 0 Å². The van der Waals surface area contributed by atoms with Gasteiger partial charge in [-0.1, -0.05) is 25.0 Å². The molecule has 1 fully saturated rings. The van der Waals surface area contributed by atoms with Gasteiger partial charge < -0.3 is 15.1 Å². The Labute approximate surface area is 204 Å². The number of nitrogens with one attached hydrogen (secondary N) is 2. The summed E-state index contributed by atoms with van der Waals surface area (Å²) >= 11 is 0. The molecule has 1 aliphatic rings. The van der Waals surface area contributed by atoms with Gasteiger partial charge in [-0.05, 0) is 73.7 Å². The van der Waals surface area contributed by atoms with Crippen molar-refractivity contribution >= 4 is 23.4 Å². The van der Waals surface area contributed by atoms with E-state index in [4.69, 9.17) is 4.42 Å². The van der Waals surface area contributed by atoms with Crippen molar-refractivity contribution in [1.82, 2.24) is 15.6 Å². The van der Waals surface area contributed by atoms with Crippen molar-refractivity contribution < 1.29 is 18.8 Å². The van der Waals surface area contributed by atoms with E-state index in [-0.39, 0.29) is 24.3 Å². The van der Waals surface area contributed by atoms with Gasteiger partial charge in [-0.15, -0.1) is 0 Å². The van der Waals surface area contributed by atoms with E-state index in [0.29, 0.717) is 11.3 Å². The maximum absolute atomic E-state index is 13.7. The minimum Gasteiger partial charge on any atom is -0.459 e. The standard InChI is InChI=1S/C27H30N4O4/c1-18-9-10-19(2)22(16-18)31(24(32)17-29-26(33)23-8-5-15-35-23)25(20-11-13-28-14-12-20)27(34)30-21-6-3-4-7-21/h5,8-16,21,25H,3-4,6-7,17H2,1-2H3,(H,29,33)(H,30,34)/t25-/m0/s1. The molecule has 0 bridgehead atoms. The fraction of sp³-hybridized carbons (Fsp3) is 0.333. The van der Waals surface area contributed by atoms with E-state index in [1.165, 1.54) is 17.2 Å². The molecule has 3 aromatic rings. The van der Waals surface area contributed by atoms with Crippen molar-refractivity contribution in [2.75, 3.05) is 11.4 Å². The van der Waals surface area contributed by atoms with Crippen LogP contribution in [-0.4, -0.2) is 35.3 Å². The highest BCUT2D eigenvalue weighted by Crippen LogP contribution is 2.32. The number of nitrogens with zero attached hydrogens (tertiary/aromatic N) is 2. The number of hydrogen-bond acceptors (Lipinski definition) is 5. The van der Waals surface area contributed by atoms with Gasteiger partial charge in [0.1, 0.15) is 6.04 Å². The van der Waals surface area contributed by atoms with Crippen molar-refractivity contribution in [3.8, 4) is 0 Å². The Hall–Kier alpha value is -3.94. The first-order valence-corrected chi connectivity index (χ1v) is 11.9. The molecule has 1 aliphatic carbocycles. The van der Waals surface area contributed by atoms with Gasteiger partial charge in [0.2, 0.25) is 11.8 Å². The number of aromatic nitrogens is 1. The summed E-state index contributed by atoms with van der Waals surface area (Å²) in [6, 6.07) is 11.5. The van der Waals surface area contributed by atoms with E-state index in [0.717, 1.165) is 36.8 Å². The molecule has 1 aromatic carbocycles. The molecule has 35 heavy (non-hydrogen) atoms. The van der Waals surface area contributed by atoms with E-state index in [9.17, 15) is 14.4 Å². The predicted octanol–water partition coefficient (Wildman–Crippen LogP) is 3.85. The minimum absolute atomic E-state index is 0.0843. The van der Waals surface area contributed by atoms with Crippen molar-refractivity contribution in [2.24, 2.45) is 0 Å². The number of hydrogen-bond donors (Lipinski definition) is 2. The summed E-state index contributed by atoms with van der Waals surface area (Å²) in [4.78, 5) is 45.4. The second-order valence-corrected chi connectivity index (χ2v) is 8.89. The second kappa shape index (κ2) is 11.0. The fourth-order valence-corrected chi connectivity index (χ4v) is 4.45. The number of anilines is 1. The zero-order valence-corrected chi connectivity index (χ0v) is 20.0. The highest BCUT2D eigenvalue weighted by molar-refractivity contribution is 6.04. The zero-order chi connectivity index (χ0) is 24.8. The van der Waals surface area contributed by atoms with Gasteiger partial charge >= 0.3 is 0 Å². The number of benzene rings is 1. The summed E-state index contributed by atoms with van der Waals surface area (Å²) in [5, 5.41) is 5.77. The Balaban J connectivity index is 1.70. The Morgan fingerprint density at radius 3 is 2.51 bits per heavy atom. The summed E-state index contributed by atoms with van der Waals surface area (Å²) in [7, 11) is 0. The third-order valence-corrected chi connectivity index (χ3v) is 6.27. The molecule has 0 saturated heterocycles. The highest BCUT2D eigenvalue weighted by Gasteiger charge is 2.35. The molecule has 0 aliphatic heterocycles. The maximum Gasteiger partial charge on any atom is 0.287 e. The molecule has 4 rings (SSSR count). The van der Waals surface area contributed by atoms with Gasteiger partial charge in [-0.2, -0.15) is 0 Å². The van der Waals surface area contributed by atoms with Crippen molar-refractivity contribution in [3.05, 3.63) is 83.6 Å². The third-order valence-electron chi connectivity index (χ3n) is 6.27. The summed E-state index contributed by atoms with van der Waals surface area (Å²) < 4.78 is 5.13. The molecule has 182 valence electrons. The molecule has 8 heteroatoms. The largest absolute Gasteiger partial charge is 0.459 e. The quantitative estimate of drug-likeness (QED) is 0.516. The molecule has 8 nitrogen and oxygen atoms in total. The maximum atomic E-state index is 13.7. The van der Waals surface area contributed by atoms with Crippen LogP contribution in [0.5, 0.6) is 0 Å². The molecule has 2 heterocycles. The Morgan fingerprint density at radius 1 is 1.09 bits per heavy atom. The molecule has 0 spiro atoms. The SMILES string of the molecule is Cc1ccc(C)c(N(C(=O)CNC(=O)c2ccco2)[C@H](C(=O)NC2CCCC2)c2ccncc2)c1. The van der Waals surface area contributed by atoms with Gasteiger partial charge in [0.15, 0.2) is 5.76 Å². The minimum atomic E-state index is -0.924. The molecule has 2 aromatic heterocycles. The lowest BCUT2D eigenvalue weighted by atomic mass is 10.0. The van der Waals surface area contributed by atoms with E-state index in [1.807, 2.05) is 32.0 Å². The lowest BCUT2D eigenvalue weighted by Crippen LogP contribution is -2.49. The second-order valence-electron chi connectivity index (χ2n) is 8.89. The van der Waals surface area contributed by atoms with Gasteiger partial charge in [-0.25, -0.2) is 0 Å². The van der Waals surface area contributed by atoms with E-state index in [2.05, 4.69) is 15.6 Å². The number of amides is 3. The molecule has 0 radical (unpaired) electrons. The topological polar surface area (TPSA) is 105 Å². The van der Waals surface area contributed by atoms with Crippen LogP contribution in [0.15, 0.2) is 65.5 Å². The number of furan rings is 1. The van der Waals surface area contributed by atoms with E-state index >= 15 is 0 Å². The number of carbonyl (C=O) groups is 3. The van der Waals surface area contributed by atoms with Crippen molar-refractivity contribution in [2.45, 2.75) is 51.6 Å². The number of aryl methyl sites for hydroxylation is 2. The van der Waals surface area contributed by atoms with Gasteiger partial charge in [0, 0.05) is 24.1 Å². The molecular formula is C27H30N4O4. The van der Waals surface area contributed by atoms with Crippen LogP contribution < -0.4 is 15.5 Å². The molecule has 0 unspecified atom stereocenters. The predicted molar refractivity (Wildman–Crippen MR) is 132 cm³/mol. The number of rotatable bonds is 8. The van der Waals surface area contributed by atoms with Crippen LogP contribution >= 0.6 is 0 Å². The average Bonchev–Trinajstić information content (AvgIpc) is 3.57. The first-order valence-electron chi connectivity index (χ1n) is 11.9. The molecule has 1 atom stereocenters. The Kier molecular flexibility index (Phi) is 7.60. The van der Waals surface area contributed by atoms with Crippen LogP contribution in [0, 0.1) is 13.8 Å². The van der Waals surface area contributed by atoms with E-state index < -0.39 is 17.9 Å². The normalized spacial score (nSPS) is 14.3. The van der Waals surface area contributed by atoms with Crippen LogP contribution in [0.1, 0.15) is 59.0 Å². The average molecular weight is 475 g/mol. The molecular weight excluding hydrogens is 444 g/mol. The lowest BCUT2D eigenvalue weighted by molar-refractivity contribution is -0.126. The number of pyridine rings is 1. The summed E-state index contributed by atoms with van der Waals surface area (Å²) in [5.74, 6) is -1.06. The Bertz CT molecular complexity index is 1170. The zero-order valence-electron chi connectivity index (χ0n) is 20.0. The van der Waals surface area contributed by atoms with Crippen LogP contribution in [-0.2, 0) is 9.59 Å². The monoisotopic (exact) mass is 474 g/mol. The van der Waals surface area contributed by atoms with E-state index in [1.54, 1.807) is 30.6 Å². The third kappa shape index (κ3) is 5.77.